The third-order valence-corrected chi connectivity index (χ3v) is 4.18. The Kier molecular flexibility index (Phi) is 4.69. The van der Waals surface area contributed by atoms with Crippen LogP contribution in [0.5, 0.6) is 5.75 Å². The molecule has 0 radical (unpaired) electrons. The predicted molar refractivity (Wildman–Crippen MR) is 87.0 cm³/mol. The monoisotopic (exact) mass is 345 g/mol. The molecule has 1 fully saturated rings. The molecule has 3 rings (SSSR count). The molecule has 132 valence electrons. The molecule has 1 aromatic heterocycles. The van der Waals surface area contributed by atoms with Crippen molar-refractivity contribution in [3.8, 4) is 5.75 Å². The molecular weight excluding hydrogens is 326 g/mol. The van der Waals surface area contributed by atoms with E-state index in [2.05, 4.69) is 14.9 Å². The molecule has 0 saturated carbocycles. The van der Waals surface area contributed by atoms with Gasteiger partial charge in [0.05, 0.1) is 18.7 Å². The van der Waals surface area contributed by atoms with E-state index in [9.17, 15) is 9.59 Å². The number of amides is 1. The summed E-state index contributed by atoms with van der Waals surface area (Å²) in [6.07, 6.45) is 0.103. The number of rotatable bonds is 5. The number of esters is 1. The average Bonchev–Trinajstić information content (AvgIpc) is 3.18. The number of aryl methyl sites for hydroxylation is 2. The Bertz CT molecular complexity index is 801. The SMILES string of the molecule is COc1ccc(C)cc1N1C[C@@H](C(=O)OCc2nonc2C)CC1=O. The smallest absolute Gasteiger partial charge is 0.311 e. The van der Waals surface area contributed by atoms with Crippen LogP contribution in [0.3, 0.4) is 0 Å². The van der Waals surface area contributed by atoms with Crippen LogP contribution in [0.25, 0.3) is 0 Å². The van der Waals surface area contributed by atoms with E-state index < -0.39 is 11.9 Å². The molecule has 0 bridgehead atoms. The molecule has 1 aromatic carbocycles. The third-order valence-electron chi connectivity index (χ3n) is 4.18. The first-order valence-corrected chi connectivity index (χ1v) is 7.89. The molecule has 8 nitrogen and oxygen atoms in total. The van der Waals surface area contributed by atoms with Crippen LogP contribution in [0.1, 0.15) is 23.4 Å². The van der Waals surface area contributed by atoms with Gasteiger partial charge in [0.25, 0.3) is 0 Å². The summed E-state index contributed by atoms with van der Waals surface area (Å²) < 4.78 is 15.1. The van der Waals surface area contributed by atoms with Crippen LogP contribution >= 0.6 is 0 Å². The third kappa shape index (κ3) is 3.47. The maximum absolute atomic E-state index is 12.4. The fourth-order valence-electron chi connectivity index (χ4n) is 2.75. The first-order valence-electron chi connectivity index (χ1n) is 7.89. The predicted octanol–water partition coefficient (Wildman–Crippen LogP) is 1.79. The minimum Gasteiger partial charge on any atom is -0.495 e. The summed E-state index contributed by atoms with van der Waals surface area (Å²) in [7, 11) is 1.55. The normalized spacial score (nSPS) is 17.0. The summed E-state index contributed by atoms with van der Waals surface area (Å²) >= 11 is 0. The highest BCUT2D eigenvalue weighted by Crippen LogP contribution is 2.34. The van der Waals surface area contributed by atoms with Gasteiger partial charge in [-0.1, -0.05) is 16.4 Å². The van der Waals surface area contributed by atoms with Gasteiger partial charge in [-0.2, -0.15) is 0 Å². The highest BCUT2D eigenvalue weighted by atomic mass is 16.6. The van der Waals surface area contributed by atoms with E-state index in [4.69, 9.17) is 9.47 Å². The number of carbonyl (C=O) groups is 2. The molecule has 1 amide bonds. The Morgan fingerprint density at radius 3 is 2.84 bits per heavy atom. The summed E-state index contributed by atoms with van der Waals surface area (Å²) in [5, 5.41) is 7.30. The van der Waals surface area contributed by atoms with Crippen molar-refractivity contribution in [2.24, 2.45) is 5.92 Å². The van der Waals surface area contributed by atoms with Crippen LogP contribution in [0.2, 0.25) is 0 Å². The van der Waals surface area contributed by atoms with Gasteiger partial charge in [0.1, 0.15) is 23.7 Å². The molecule has 0 aliphatic carbocycles. The van der Waals surface area contributed by atoms with Gasteiger partial charge in [0, 0.05) is 13.0 Å². The minimum absolute atomic E-state index is 0.0212. The van der Waals surface area contributed by atoms with Crippen LogP contribution in [0.4, 0.5) is 5.69 Å². The van der Waals surface area contributed by atoms with Crippen molar-refractivity contribution in [2.45, 2.75) is 26.9 Å². The zero-order valence-electron chi connectivity index (χ0n) is 14.3. The van der Waals surface area contributed by atoms with E-state index in [0.29, 0.717) is 22.8 Å². The lowest BCUT2D eigenvalue weighted by molar-refractivity contribution is -0.149. The second kappa shape index (κ2) is 6.92. The van der Waals surface area contributed by atoms with Crippen molar-refractivity contribution in [3.63, 3.8) is 0 Å². The lowest BCUT2D eigenvalue weighted by atomic mass is 10.1. The van der Waals surface area contributed by atoms with Gasteiger partial charge < -0.3 is 14.4 Å². The van der Waals surface area contributed by atoms with E-state index in [1.54, 1.807) is 18.9 Å². The van der Waals surface area contributed by atoms with Crippen molar-refractivity contribution < 1.29 is 23.7 Å². The van der Waals surface area contributed by atoms with Crippen LogP contribution in [0, 0.1) is 19.8 Å². The standard InChI is InChI=1S/C17H19N3O5/c1-10-4-5-15(23-3)14(6-10)20-8-12(7-16(20)21)17(22)24-9-13-11(2)18-25-19-13/h4-6,12H,7-9H2,1-3H3/t12-/m0/s1. The van der Waals surface area contributed by atoms with Crippen molar-refractivity contribution in [1.29, 1.82) is 0 Å². The largest absolute Gasteiger partial charge is 0.495 e. The van der Waals surface area contributed by atoms with Gasteiger partial charge in [0.15, 0.2) is 0 Å². The van der Waals surface area contributed by atoms with Gasteiger partial charge >= 0.3 is 5.97 Å². The zero-order chi connectivity index (χ0) is 18.0. The number of anilines is 1. The number of hydrogen-bond acceptors (Lipinski definition) is 7. The lowest BCUT2D eigenvalue weighted by Gasteiger charge is -2.20. The lowest BCUT2D eigenvalue weighted by Crippen LogP contribution is -2.27. The van der Waals surface area contributed by atoms with Crippen molar-refractivity contribution in [2.75, 3.05) is 18.6 Å². The average molecular weight is 345 g/mol. The summed E-state index contributed by atoms with van der Waals surface area (Å²) in [5.41, 5.74) is 2.71. The second-order valence-electron chi connectivity index (χ2n) is 5.98. The molecule has 1 aliphatic rings. The molecule has 8 heteroatoms. The van der Waals surface area contributed by atoms with Gasteiger partial charge in [-0.25, -0.2) is 4.63 Å². The second-order valence-corrected chi connectivity index (χ2v) is 5.98. The number of hydrogen-bond donors (Lipinski definition) is 0. The number of carbonyl (C=O) groups excluding carboxylic acids is 2. The highest BCUT2D eigenvalue weighted by molar-refractivity contribution is 6.00. The highest BCUT2D eigenvalue weighted by Gasteiger charge is 2.37. The fraction of sp³-hybridized carbons (Fsp3) is 0.412. The van der Waals surface area contributed by atoms with Crippen LogP contribution in [-0.4, -0.2) is 35.8 Å². The Balaban J connectivity index is 1.69. The van der Waals surface area contributed by atoms with Crippen molar-refractivity contribution >= 4 is 17.6 Å². The van der Waals surface area contributed by atoms with Crippen molar-refractivity contribution in [3.05, 3.63) is 35.2 Å². The number of ether oxygens (including phenoxy) is 2. The molecule has 0 unspecified atom stereocenters. The van der Waals surface area contributed by atoms with E-state index in [1.165, 1.54) is 0 Å². The number of methoxy groups -OCH3 is 1. The summed E-state index contributed by atoms with van der Waals surface area (Å²) in [5.74, 6) is -0.509. The first kappa shape index (κ1) is 16.9. The molecule has 2 heterocycles. The molecule has 1 saturated heterocycles. The summed E-state index contributed by atoms with van der Waals surface area (Å²) in [6.45, 7) is 3.88. The summed E-state index contributed by atoms with van der Waals surface area (Å²) in [6, 6.07) is 5.59. The zero-order valence-corrected chi connectivity index (χ0v) is 14.3. The van der Waals surface area contributed by atoms with Gasteiger partial charge in [-0.15, -0.1) is 0 Å². The maximum atomic E-state index is 12.4. The van der Waals surface area contributed by atoms with Gasteiger partial charge in [-0.3, -0.25) is 9.59 Å². The molecule has 0 N–H and O–H groups in total. The summed E-state index contributed by atoms with van der Waals surface area (Å²) in [4.78, 5) is 26.2. The number of benzene rings is 1. The van der Waals surface area contributed by atoms with Crippen LogP contribution in [0.15, 0.2) is 22.8 Å². The van der Waals surface area contributed by atoms with Gasteiger partial charge in [-0.05, 0) is 31.5 Å². The first-order chi connectivity index (χ1) is 12.0. The molecule has 1 aliphatic heterocycles. The minimum atomic E-state index is -0.530. The van der Waals surface area contributed by atoms with E-state index in [0.717, 1.165) is 5.56 Å². The van der Waals surface area contributed by atoms with Crippen molar-refractivity contribution in [1.82, 2.24) is 10.3 Å². The number of nitrogens with zero attached hydrogens (tertiary/aromatic N) is 3. The van der Waals surface area contributed by atoms with E-state index in [-0.39, 0.29) is 25.5 Å². The molecule has 0 spiro atoms. The molecule has 2 aromatic rings. The maximum Gasteiger partial charge on any atom is 0.311 e. The van der Waals surface area contributed by atoms with Crippen LogP contribution < -0.4 is 9.64 Å². The Morgan fingerprint density at radius 2 is 2.16 bits per heavy atom. The Morgan fingerprint density at radius 1 is 1.36 bits per heavy atom. The molecular formula is C17H19N3O5. The number of aromatic nitrogens is 2. The quantitative estimate of drug-likeness (QED) is 0.762. The van der Waals surface area contributed by atoms with Crippen LogP contribution in [-0.2, 0) is 20.9 Å². The molecule has 25 heavy (non-hydrogen) atoms. The van der Waals surface area contributed by atoms with Gasteiger partial charge in [0.2, 0.25) is 5.91 Å². The van der Waals surface area contributed by atoms with E-state index >= 15 is 0 Å². The fourth-order valence-corrected chi connectivity index (χ4v) is 2.75. The molecule has 1 atom stereocenters. The Labute approximate surface area is 144 Å². The Hall–Kier alpha value is -2.90. The topological polar surface area (TPSA) is 94.8 Å². The van der Waals surface area contributed by atoms with E-state index in [1.807, 2.05) is 25.1 Å².